The topological polar surface area (TPSA) is 64.7 Å². The van der Waals surface area contributed by atoms with E-state index in [4.69, 9.17) is 0 Å². The number of anilines is 3. The van der Waals surface area contributed by atoms with E-state index in [1.54, 1.807) is 36.2 Å². The van der Waals surface area contributed by atoms with E-state index in [1.807, 2.05) is 14.1 Å². The standard InChI is InChI=1S/C21H28N4O2/c1-16(26)25(4)20-13-9-18(10-14-20)23-21(27)22-15-5-6-17-7-11-19(12-8-17)24(2)3/h7-14H,5-6,15H2,1-4H3,(H2,22,23,27). The van der Waals surface area contributed by atoms with E-state index in [2.05, 4.69) is 39.8 Å². The van der Waals surface area contributed by atoms with Crippen LogP contribution in [-0.2, 0) is 11.2 Å². The number of rotatable bonds is 7. The van der Waals surface area contributed by atoms with Crippen molar-refractivity contribution in [1.82, 2.24) is 5.32 Å². The minimum absolute atomic E-state index is 0.0372. The molecule has 27 heavy (non-hydrogen) atoms. The Hall–Kier alpha value is -3.02. The molecule has 144 valence electrons. The van der Waals surface area contributed by atoms with Gasteiger partial charge in [0.05, 0.1) is 0 Å². The Balaban J connectivity index is 1.72. The van der Waals surface area contributed by atoms with Gasteiger partial charge in [-0.2, -0.15) is 0 Å². The van der Waals surface area contributed by atoms with Gasteiger partial charge < -0.3 is 20.4 Å². The van der Waals surface area contributed by atoms with Crippen LogP contribution >= 0.6 is 0 Å². The van der Waals surface area contributed by atoms with Gasteiger partial charge in [0.1, 0.15) is 0 Å². The van der Waals surface area contributed by atoms with Gasteiger partial charge in [-0.05, 0) is 54.8 Å². The van der Waals surface area contributed by atoms with Crippen LogP contribution in [0.1, 0.15) is 18.9 Å². The van der Waals surface area contributed by atoms with Gasteiger partial charge in [0, 0.05) is 51.7 Å². The highest BCUT2D eigenvalue weighted by atomic mass is 16.2. The number of hydrogen-bond acceptors (Lipinski definition) is 3. The molecule has 0 radical (unpaired) electrons. The van der Waals surface area contributed by atoms with Gasteiger partial charge in [0.15, 0.2) is 0 Å². The van der Waals surface area contributed by atoms with Crippen LogP contribution in [0, 0.1) is 0 Å². The smallest absolute Gasteiger partial charge is 0.319 e. The van der Waals surface area contributed by atoms with Crippen LogP contribution < -0.4 is 20.4 Å². The van der Waals surface area contributed by atoms with Gasteiger partial charge in [-0.25, -0.2) is 4.79 Å². The van der Waals surface area contributed by atoms with E-state index in [-0.39, 0.29) is 11.9 Å². The van der Waals surface area contributed by atoms with Gasteiger partial charge in [0.2, 0.25) is 5.91 Å². The highest BCUT2D eigenvalue weighted by Crippen LogP contribution is 2.17. The van der Waals surface area contributed by atoms with Crippen molar-refractivity contribution >= 4 is 29.0 Å². The highest BCUT2D eigenvalue weighted by Gasteiger charge is 2.06. The largest absolute Gasteiger partial charge is 0.378 e. The van der Waals surface area contributed by atoms with Gasteiger partial charge in [-0.3, -0.25) is 4.79 Å². The molecule has 0 heterocycles. The molecule has 6 nitrogen and oxygen atoms in total. The first-order valence-corrected chi connectivity index (χ1v) is 9.02. The van der Waals surface area contributed by atoms with E-state index < -0.39 is 0 Å². The lowest BCUT2D eigenvalue weighted by molar-refractivity contribution is -0.116. The molecule has 2 aromatic rings. The maximum Gasteiger partial charge on any atom is 0.319 e. The Bertz CT molecular complexity index is 755. The van der Waals surface area contributed by atoms with Crippen LogP contribution in [0.5, 0.6) is 0 Å². The van der Waals surface area contributed by atoms with Crippen LogP contribution in [0.3, 0.4) is 0 Å². The third-order valence-corrected chi connectivity index (χ3v) is 4.37. The quantitative estimate of drug-likeness (QED) is 0.735. The summed E-state index contributed by atoms with van der Waals surface area (Å²) in [5.74, 6) is -0.0372. The predicted molar refractivity (Wildman–Crippen MR) is 112 cm³/mol. The summed E-state index contributed by atoms with van der Waals surface area (Å²) in [5.41, 5.74) is 3.91. The molecule has 2 rings (SSSR count). The SMILES string of the molecule is CC(=O)N(C)c1ccc(NC(=O)NCCCc2ccc(N(C)C)cc2)cc1. The maximum absolute atomic E-state index is 12.0. The van der Waals surface area contributed by atoms with Crippen LogP contribution in [0.15, 0.2) is 48.5 Å². The highest BCUT2D eigenvalue weighted by molar-refractivity contribution is 5.92. The van der Waals surface area contributed by atoms with Gasteiger partial charge >= 0.3 is 6.03 Å². The molecular formula is C21H28N4O2. The fourth-order valence-electron chi connectivity index (χ4n) is 2.58. The minimum Gasteiger partial charge on any atom is -0.378 e. The summed E-state index contributed by atoms with van der Waals surface area (Å²) in [6.45, 7) is 2.11. The minimum atomic E-state index is -0.231. The van der Waals surface area contributed by atoms with Crippen molar-refractivity contribution in [3.63, 3.8) is 0 Å². The first-order chi connectivity index (χ1) is 12.9. The predicted octanol–water partition coefficient (Wildman–Crippen LogP) is 3.49. The average Bonchev–Trinajstić information content (AvgIpc) is 2.65. The lowest BCUT2D eigenvalue weighted by Crippen LogP contribution is -2.29. The molecule has 0 fully saturated rings. The van der Waals surface area contributed by atoms with E-state index >= 15 is 0 Å². The number of amides is 3. The Morgan fingerprint density at radius 3 is 2.04 bits per heavy atom. The van der Waals surface area contributed by atoms with Crippen molar-refractivity contribution in [2.45, 2.75) is 19.8 Å². The van der Waals surface area contributed by atoms with Gasteiger partial charge in [-0.15, -0.1) is 0 Å². The second kappa shape index (κ2) is 9.62. The first-order valence-electron chi connectivity index (χ1n) is 9.02. The summed E-state index contributed by atoms with van der Waals surface area (Å²) in [5, 5.41) is 5.66. The van der Waals surface area contributed by atoms with Crippen LogP contribution in [0.2, 0.25) is 0 Å². The lowest BCUT2D eigenvalue weighted by Gasteiger charge is -2.15. The number of nitrogens with one attached hydrogen (secondary N) is 2. The molecule has 0 atom stereocenters. The van der Waals surface area contributed by atoms with Gasteiger partial charge in [-0.1, -0.05) is 12.1 Å². The zero-order valence-electron chi connectivity index (χ0n) is 16.5. The fraction of sp³-hybridized carbons (Fsp3) is 0.333. The molecule has 0 saturated heterocycles. The molecule has 0 spiro atoms. The Morgan fingerprint density at radius 1 is 0.889 bits per heavy atom. The number of nitrogens with zero attached hydrogens (tertiary/aromatic N) is 2. The maximum atomic E-state index is 12.0. The normalized spacial score (nSPS) is 10.2. The molecule has 0 aliphatic rings. The second-order valence-electron chi connectivity index (χ2n) is 6.67. The van der Waals surface area contributed by atoms with Crippen molar-refractivity contribution in [2.75, 3.05) is 42.8 Å². The van der Waals surface area contributed by atoms with E-state index in [9.17, 15) is 9.59 Å². The summed E-state index contributed by atoms with van der Waals surface area (Å²) in [7, 11) is 5.75. The molecule has 0 bridgehead atoms. The lowest BCUT2D eigenvalue weighted by atomic mass is 10.1. The van der Waals surface area contributed by atoms with Crippen LogP contribution in [-0.4, -0.2) is 39.6 Å². The number of urea groups is 1. The molecule has 0 aliphatic heterocycles. The molecule has 0 aromatic heterocycles. The van der Waals surface area contributed by atoms with Crippen LogP contribution in [0.4, 0.5) is 21.9 Å². The molecule has 2 aromatic carbocycles. The fourth-order valence-corrected chi connectivity index (χ4v) is 2.58. The molecule has 0 saturated carbocycles. The average molecular weight is 368 g/mol. The zero-order valence-corrected chi connectivity index (χ0v) is 16.5. The molecular weight excluding hydrogens is 340 g/mol. The summed E-state index contributed by atoms with van der Waals surface area (Å²) >= 11 is 0. The van der Waals surface area contributed by atoms with E-state index in [0.717, 1.165) is 18.5 Å². The van der Waals surface area contributed by atoms with Crippen molar-refractivity contribution < 1.29 is 9.59 Å². The Kier molecular flexibility index (Phi) is 7.23. The number of aryl methyl sites for hydroxylation is 1. The van der Waals surface area contributed by atoms with E-state index in [0.29, 0.717) is 12.2 Å². The molecule has 6 heteroatoms. The third-order valence-electron chi connectivity index (χ3n) is 4.37. The number of carbonyl (C=O) groups excluding carboxylic acids is 2. The zero-order chi connectivity index (χ0) is 19.8. The summed E-state index contributed by atoms with van der Waals surface area (Å²) < 4.78 is 0. The summed E-state index contributed by atoms with van der Waals surface area (Å²) in [4.78, 5) is 26.9. The van der Waals surface area contributed by atoms with Crippen LogP contribution in [0.25, 0.3) is 0 Å². The number of hydrogen-bond donors (Lipinski definition) is 2. The molecule has 2 N–H and O–H groups in total. The van der Waals surface area contributed by atoms with Gasteiger partial charge in [0.25, 0.3) is 0 Å². The van der Waals surface area contributed by atoms with Crippen molar-refractivity contribution in [3.8, 4) is 0 Å². The second-order valence-corrected chi connectivity index (χ2v) is 6.67. The van der Waals surface area contributed by atoms with E-state index in [1.165, 1.54) is 18.2 Å². The van der Waals surface area contributed by atoms with Crippen molar-refractivity contribution in [1.29, 1.82) is 0 Å². The van der Waals surface area contributed by atoms with Crippen molar-refractivity contribution in [3.05, 3.63) is 54.1 Å². The first kappa shape index (κ1) is 20.3. The molecule has 0 aliphatic carbocycles. The third kappa shape index (κ3) is 6.33. The number of carbonyl (C=O) groups is 2. The molecule has 0 unspecified atom stereocenters. The molecule has 3 amide bonds. The Morgan fingerprint density at radius 2 is 1.48 bits per heavy atom. The monoisotopic (exact) mass is 368 g/mol. The van der Waals surface area contributed by atoms with Crippen molar-refractivity contribution in [2.24, 2.45) is 0 Å². The Labute approximate surface area is 161 Å². The number of benzene rings is 2. The summed E-state index contributed by atoms with van der Waals surface area (Å²) in [6, 6.07) is 15.4. The summed E-state index contributed by atoms with van der Waals surface area (Å²) in [6.07, 6.45) is 1.79.